The zero-order valence-corrected chi connectivity index (χ0v) is 20.1. The van der Waals surface area contributed by atoms with Gasteiger partial charge in [-0.15, -0.1) is 19.7 Å². The van der Waals surface area contributed by atoms with E-state index in [1.165, 1.54) is 26.2 Å². The van der Waals surface area contributed by atoms with Crippen LogP contribution in [0.15, 0.2) is 75.6 Å². The van der Waals surface area contributed by atoms with Gasteiger partial charge in [-0.25, -0.2) is 0 Å². The van der Waals surface area contributed by atoms with E-state index in [9.17, 15) is 9.59 Å². The number of Topliss-reactive ketones (excluding diaryl/α,β-unsaturated/α-hetero) is 1. The highest BCUT2D eigenvalue weighted by molar-refractivity contribution is 5.91. The van der Waals surface area contributed by atoms with E-state index < -0.39 is 0 Å². The number of rotatable bonds is 8. The van der Waals surface area contributed by atoms with Crippen molar-refractivity contribution in [2.24, 2.45) is 0 Å². The summed E-state index contributed by atoms with van der Waals surface area (Å²) in [6.45, 7) is 32.5. The molecule has 0 aliphatic carbocycles. The van der Waals surface area contributed by atoms with Gasteiger partial charge in [-0.1, -0.05) is 81.5 Å². The van der Waals surface area contributed by atoms with Gasteiger partial charge >= 0.3 is 0 Å². The maximum atomic E-state index is 10.0. The predicted octanol–water partition coefficient (Wildman–Crippen LogP) is 9.61. The molecule has 0 bridgehead atoms. The molecule has 202 valence electrons. The molecule has 0 spiro atoms. The molecule has 0 N–H and O–H groups in total. The van der Waals surface area contributed by atoms with Crippen LogP contribution in [0.2, 0.25) is 0 Å². The summed E-state index contributed by atoms with van der Waals surface area (Å²) >= 11 is 0. The second-order valence-electron chi connectivity index (χ2n) is 5.02. The highest BCUT2D eigenvalue weighted by atomic mass is 16.5. The molecule has 0 radical (unpaired) electrons. The zero-order valence-electron chi connectivity index (χ0n) is 20.1. The summed E-state index contributed by atoms with van der Waals surface area (Å²) in [4.78, 5) is 19.7. The molecule has 0 aliphatic heterocycles. The summed E-state index contributed by atoms with van der Waals surface area (Å²) in [6, 6.07) is 0. The number of allylic oxidation sites excluding steroid dienone is 4. The minimum atomic E-state index is 0. The van der Waals surface area contributed by atoms with Crippen LogP contribution in [-0.4, -0.2) is 31.9 Å². The van der Waals surface area contributed by atoms with E-state index in [0.717, 1.165) is 19.4 Å². The Morgan fingerprint density at radius 3 is 1.21 bits per heavy atom. The zero-order chi connectivity index (χ0) is 24.5. The Hall–Kier alpha value is -2.46. The highest BCUT2D eigenvalue weighted by Crippen LogP contribution is 1.84. The second-order valence-corrected chi connectivity index (χ2v) is 5.02. The number of ether oxygens (including phenoxy) is 2. The minimum absolute atomic E-state index is 0. The molecule has 0 atom stereocenters. The summed E-state index contributed by atoms with van der Waals surface area (Å²) in [7, 11) is 1.56. The molecule has 0 aromatic carbocycles. The van der Waals surface area contributed by atoms with Crippen LogP contribution in [0.3, 0.4) is 0 Å². The largest absolute Gasteiger partial charge is 0.505 e. The SMILES string of the molecule is C.C.C.C.C=C(C)C(C)=O.C=CC.C=CC(C)=O.C=CCC.C=CCOCCC.C=COC. The molecule has 0 rings (SSSR count). The molecule has 0 unspecified atom stereocenters. The molecule has 4 nitrogen and oxygen atoms in total. The van der Waals surface area contributed by atoms with Gasteiger partial charge in [0.05, 0.1) is 20.0 Å². The molecular weight excluding hydrogens is 412 g/mol. The first kappa shape index (κ1) is 63.2. The fourth-order valence-electron chi connectivity index (χ4n) is 0.311. The Morgan fingerprint density at radius 2 is 1.12 bits per heavy atom. The Balaban J connectivity index is -0.0000000239. The average molecular weight is 475 g/mol. The smallest absolute Gasteiger partial charge is 0.154 e. The lowest BCUT2D eigenvalue weighted by Crippen LogP contribution is -1.90. The third kappa shape index (κ3) is 246. The van der Waals surface area contributed by atoms with Crippen molar-refractivity contribution in [3.8, 4) is 0 Å². The van der Waals surface area contributed by atoms with Crippen LogP contribution in [0.25, 0.3) is 0 Å². The maximum Gasteiger partial charge on any atom is 0.154 e. The molecule has 0 aromatic heterocycles. The van der Waals surface area contributed by atoms with Crippen LogP contribution in [-0.2, 0) is 19.1 Å². The number of carbonyl (C=O) groups excluding carboxylic acids is 2. The lowest BCUT2D eigenvalue weighted by atomic mass is 10.3. The summed E-state index contributed by atoms with van der Waals surface area (Å²) in [6.07, 6.45) is 10.2. The number of ketones is 2. The van der Waals surface area contributed by atoms with Gasteiger partial charge in [0, 0.05) is 6.61 Å². The summed E-state index contributed by atoms with van der Waals surface area (Å²) in [5.74, 6) is 0.0833. The van der Waals surface area contributed by atoms with Crippen molar-refractivity contribution in [2.45, 2.75) is 84.1 Å². The molecule has 0 amide bonds. The molecule has 0 saturated heterocycles. The summed E-state index contributed by atoms with van der Waals surface area (Å²) < 4.78 is 9.32. The van der Waals surface area contributed by atoms with E-state index in [2.05, 4.69) is 58.1 Å². The van der Waals surface area contributed by atoms with Crippen LogP contribution in [0.5, 0.6) is 0 Å². The molecule has 4 heteroatoms. The van der Waals surface area contributed by atoms with Crippen LogP contribution < -0.4 is 0 Å². The number of hydrogen-bond donors (Lipinski definition) is 0. The van der Waals surface area contributed by atoms with Crippen molar-refractivity contribution in [3.05, 3.63) is 75.6 Å². The van der Waals surface area contributed by atoms with E-state index in [1.54, 1.807) is 26.2 Å². The molecule has 0 aliphatic rings. The predicted molar refractivity (Wildman–Crippen MR) is 158 cm³/mol. The van der Waals surface area contributed by atoms with Gasteiger partial charge in [-0.05, 0) is 52.2 Å². The Kier molecular flexibility index (Phi) is 150. The van der Waals surface area contributed by atoms with Crippen LogP contribution in [0.4, 0.5) is 0 Å². The summed E-state index contributed by atoms with van der Waals surface area (Å²) in [5, 5.41) is 0. The maximum absolute atomic E-state index is 10.0. The third-order valence-corrected chi connectivity index (χ3v) is 1.93. The van der Waals surface area contributed by atoms with Gasteiger partial charge in [0.2, 0.25) is 0 Å². The molecule has 33 heavy (non-hydrogen) atoms. The monoisotopic (exact) mass is 474 g/mol. The Labute approximate surface area is 210 Å². The van der Waals surface area contributed by atoms with E-state index >= 15 is 0 Å². The van der Waals surface area contributed by atoms with Crippen molar-refractivity contribution in [1.29, 1.82) is 0 Å². The van der Waals surface area contributed by atoms with Crippen molar-refractivity contribution >= 4 is 11.6 Å². The van der Waals surface area contributed by atoms with Gasteiger partial charge in [0.15, 0.2) is 11.6 Å². The molecular formula is C29H62O4. The number of methoxy groups -OCH3 is 1. The van der Waals surface area contributed by atoms with Crippen LogP contribution in [0.1, 0.15) is 84.1 Å². The topological polar surface area (TPSA) is 52.6 Å². The van der Waals surface area contributed by atoms with Gasteiger partial charge in [0.1, 0.15) is 0 Å². The van der Waals surface area contributed by atoms with E-state index in [4.69, 9.17) is 4.74 Å². The fourth-order valence-corrected chi connectivity index (χ4v) is 0.311. The van der Waals surface area contributed by atoms with Crippen molar-refractivity contribution in [1.82, 2.24) is 0 Å². The van der Waals surface area contributed by atoms with E-state index in [0.29, 0.717) is 12.2 Å². The van der Waals surface area contributed by atoms with Crippen molar-refractivity contribution in [3.63, 3.8) is 0 Å². The molecule has 0 aromatic rings. The van der Waals surface area contributed by atoms with Gasteiger partial charge in [-0.3, -0.25) is 9.59 Å². The number of hydrogen-bond acceptors (Lipinski definition) is 4. The Morgan fingerprint density at radius 1 is 0.848 bits per heavy atom. The van der Waals surface area contributed by atoms with Crippen LogP contribution >= 0.6 is 0 Å². The van der Waals surface area contributed by atoms with Crippen molar-refractivity contribution in [2.75, 3.05) is 20.3 Å². The van der Waals surface area contributed by atoms with E-state index in [-0.39, 0.29) is 41.3 Å². The first-order chi connectivity index (χ1) is 13.6. The molecule has 0 fully saturated rings. The van der Waals surface area contributed by atoms with Gasteiger partial charge in [-0.2, -0.15) is 0 Å². The minimum Gasteiger partial charge on any atom is -0.505 e. The lowest BCUT2D eigenvalue weighted by molar-refractivity contribution is -0.114. The van der Waals surface area contributed by atoms with Crippen LogP contribution in [0, 0.1) is 0 Å². The average Bonchev–Trinajstić information content (AvgIpc) is 2.70. The highest BCUT2D eigenvalue weighted by Gasteiger charge is 1.85. The third-order valence-electron chi connectivity index (χ3n) is 1.93. The Bertz CT molecular complexity index is 388. The lowest BCUT2D eigenvalue weighted by Gasteiger charge is -1.92. The quantitative estimate of drug-likeness (QED) is 0.152. The standard InChI is InChI=1S/C6H12O.C5H8O.C4H6O.C4H8.C3H6O.C3H6.4CH4/c1-3-5-7-6-4-2;1-4(2)5(3)6;1-3-4(2)5;2*1-3-4-2;1-3-2;;;;/h3H,1,4-6H2,2H3;1H2,2-3H3;3H,1H2,2H3;3H,1,4H2,2H3;3H,1H2,2H3;3H,1H2,2H3;4*1H4. The number of carbonyl (C=O) groups is 2. The first-order valence-electron chi connectivity index (χ1n) is 9.37. The second kappa shape index (κ2) is 78.2. The molecule has 0 heterocycles. The van der Waals surface area contributed by atoms with E-state index in [1.807, 2.05) is 13.0 Å². The normalized spacial score (nSPS) is 6.03. The first-order valence-corrected chi connectivity index (χ1v) is 9.37. The van der Waals surface area contributed by atoms with Gasteiger partial charge < -0.3 is 9.47 Å². The molecule has 0 saturated carbocycles. The van der Waals surface area contributed by atoms with Crippen molar-refractivity contribution < 1.29 is 19.1 Å². The summed E-state index contributed by atoms with van der Waals surface area (Å²) in [5.41, 5.74) is 0.620. The fraction of sp³-hybridized carbons (Fsp3) is 0.517. The van der Waals surface area contributed by atoms with Gasteiger partial charge in [0.25, 0.3) is 0 Å².